The van der Waals surface area contributed by atoms with E-state index in [0.717, 1.165) is 6.26 Å². The molecule has 1 aliphatic heterocycles. The van der Waals surface area contributed by atoms with Crippen LogP contribution in [0, 0.1) is 5.82 Å². The van der Waals surface area contributed by atoms with Crippen molar-refractivity contribution in [2.24, 2.45) is 0 Å². The van der Waals surface area contributed by atoms with Gasteiger partial charge < -0.3 is 9.80 Å². The normalized spacial score (nSPS) is 14.9. The first-order valence-electron chi connectivity index (χ1n) is 9.33. The minimum absolute atomic E-state index is 0.108. The topological polar surface area (TPSA) is 70.6 Å². The van der Waals surface area contributed by atoms with Crippen LogP contribution in [-0.4, -0.2) is 56.6 Å². The molecule has 156 valence electrons. The van der Waals surface area contributed by atoms with Gasteiger partial charge in [0.1, 0.15) is 5.52 Å². The number of piperazine rings is 1. The molecule has 6 nitrogen and oxygen atoms in total. The number of anilines is 1. The van der Waals surface area contributed by atoms with Crippen LogP contribution in [0.25, 0.3) is 10.9 Å². The average molecular weight is 448 g/mol. The van der Waals surface area contributed by atoms with E-state index in [1.165, 1.54) is 18.3 Å². The highest BCUT2D eigenvalue weighted by Gasteiger charge is 2.25. The zero-order valence-electron chi connectivity index (χ0n) is 16.2. The molecule has 3 aromatic rings. The minimum Gasteiger partial charge on any atom is -0.366 e. The molecule has 4 rings (SSSR count). The van der Waals surface area contributed by atoms with Gasteiger partial charge in [0.25, 0.3) is 5.91 Å². The fourth-order valence-corrected chi connectivity index (χ4v) is 4.45. The molecule has 2 aromatic carbocycles. The molecule has 9 heteroatoms. The number of hydrogen-bond acceptors (Lipinski definition) is 5. The van der Waals surface area contributed by atoms with E-state index in [2.05, 4.69) is 4.98 Å². The highest BCUT2D eigenvalue weighted by Crippen LogP contribution is 2.30. The minimum atomic E-state index is -3.40. The number of sulfone groups is 1. The number of halogens is 2. The second-order valence-corrected chi connectivity index (χ2v) is 9.59. The molecule has 0 saturated carbocycles. The van der Waals surface area contributed by atoms with Crippen molar-refractivity contribution >= 4 is 43.9 Å². The molecule has 0 unspecified atom stereocenters. The second kappa shape index (κ2) is 7.85. The van der Waals surface area contributed by atoms with Gasteiger partial charge >= 0.3 is 0 Å². The third kappa shape index (κ3) is 3.85. The second-order valence-electron chi connectivity index (χ2n) is 7.17. The van der Waals surface area contributed by atoms with Gasteiger partial charge in [-0.15, -0.1) is 0 Å². The Kier molecular flexibility index (Phi) is 5.38. The highest BCUT2D eigenvalue weighted by molar-refractivity contribution is 7.90. The predicted molar refractivity (Wildman–Crippen MR) is 114 cm³/mol. The van der Waals surface area contributed by atoms with E-state index in [1.807, 2.05) is 4.90 Å². The summed E-state index contributed by atoms with van der Waals surface area (Å²) in [4.78, 5) is 20.5. The smallest absolute Gasteiger partial charge is 0.254 e. The van der Waals surface area contributed by atoms with Crippen molar-refractivity contribution in [1.29, 1.82) is 0 Å². The van der Waals surface area contributed by atoms with Crippen LogP contribution in [0.1, 0.15) is 10.4 Å². The summed E-state index contributed by atoms with van der Waals surface area (Å²) in [7, 11) is -3.40. The summed E-state index contributed by atoms with van der Waals surface area (Å²) in [5, 5.41) is 0.997. The van der Waals surface area contributed by atoms with Crippen molar-refractivity contribution in [2.75, 3.05) is 37.3 Å². The SMILES string of the molecule is CS(=O)(=O)c1cccc(C(=O)N2CCN(c3ccc4c(Cl)ccnc4c3F)CC2)c1. The first-order chi connectivity index (χ1) is 14.3. The Hall–Kier alpha value is -2.71. The molecular weight excluding hydrogens is 429 g/mol. The van der Waals surface area contributed by atoms with Gasteiger partial charge in [-0.1, -0.05) is 17.7 Å². The maximum Gasteiger partial charge on any atom is 0.254 e. The summed E-state index contributed by atoms with van der Waals surface area (Å²) in [6.45, 7) is 1.67. The van der Waals surface area contributed by atoms with Gasteiger partial charge in [0, 0.05) is 49.6 Å². The molecule has 0 aliphatic carbocycles. The number of nitrogens with zero attached hydrogens (tertiary/aromatic N) is 3. The van der Waals surface area contributed by atoms with Gasteiger partial charge in [-0.25, -0.2) is 12.8 Å². The van der Waals surface area contributed by atoms with Crippen LogP contribution >= 0.6 is 11.6 Å². The van der Waals surface area contributed by atoms with Crippen molar-refractivity contribution in [3.05, 3.63) is 65.1 Å². The summed E-state index contributed by atoms with van der Waals surface area (Å²) >= 11 is 6.12. The van der Waals surface area contributed by atoms with Gasteiger partial charge in [-0.3, -0.25) is 9.78 Å². The maximum atomic E-state index is 15.0. The summed E-state index contributed by atoms with van der Waals surface area (Å²) in [6, 6.07) is 11.1. The van der Waals surface area contributed by atoms with E-state index < -0.39 is 15.7 Å². The van der Waals surface area contributed by atoms with E-state index in [0.29, 0.717) is 47.8 Å². The molecule has 0 radical (unpaired) electrons. The Labute approximate surface area is 178 Å². The molecule has 2 heterocycles. The lowest BCUT2D eigenvalue weighted by atomic mass is 10.1. The summed E-state index contributed by atoms with van der Waals surface area (Å²) in [5.41, 5.74) is 0.960. The molecular formula is C21H19ClFN3O3S. The zero-order valence-corrected chi connectivity index (χ0v) is 17.8. The van der Waals surface area contributed by atoms with Crippen LogP contribution in [0.4, 0.5) is 10.1 Å². The van der Waals surface area contributed by atoms with Gasteiger partial charge in [-0.2, -0.15) is 0 Å². The molecule has 0 N–H and O–H groups in total. The number of pyridine rings is 1. The summed E-state index contributed by atoms with van der Waals surface area (Å²) < 4.78 is 38.5. The monoisotopic (exact) mass is 447 g/mol. The van der Waals surface area contributed by atoms with Crippen molar-refractivity contribution in [1.82, 2.24) is 9.88 Å². The molecule has 0 atom stereocenters. The standard InChI is InChI=1S/C21H19ClFN3O3S/c1-30(28,29)15-4-2-3-14(13-15)21(27)26-11-9-25(10-12-26)18-6-5-16-17(22)7-8-24-20(16)19(18)23/h2-8,13H,9-12H2,1H3. The molecule has 1 aliphatic rings. The fraction of sp³-hybridized carbons (Fsp3) is 0.238. The van der Waals surface area contributed by atoms with Gasteiger partial charge in [0.15, 0.2) is 15.7 Å². The van der Waals surface area contributed by atoms with E-state index >= 15 is 4.39 Å². The van der Waals surface area contributed by atoms with Crippen molar-refractivity contribution in [3.63, 3.8) is 0 Å². The molecule has 0 bridgehead atoms. The molecule has 30 heavy (non-hydrogen) atoms. The Bertz CT molecular complexity index is 1240. The van der Waals surface area contributed by atoms with E-state index in [1.54, 1.807) is 35.2 Å². The third-order valence-corrected chi connectivity index (χ3v) is 6.63. The number of benzene rings is 2. The lowest BCUT2D eigenvalue weighted by Gasteiger charge is -2.36. The Morgan fingerprint density at radius 1 is 1.10 bits per heavy atom. The number of fused-ring (bicyclic) bond motifs is 1. The number of hydrogen-bond donors (Lipinski definition) is 0. The van der Waals surface area contributed by atoms with E-state index in [9.17, 15) is 13.2 Å². The van der Waals surface area contributed by atoms with E-state index in [-0.39, 0.29) is 16.3 Å². The Morgan fingerprint density at radius 3 is 2.53 bits per heavy atom. The Balaban J connectivity index is 1.51. The highest BCUT2D eigenvalue weighted by atomic mass is 35.5. The lowest BCUT2D eigenvalue weighted by Crippen LogP contribution is -2.49. The van der Waals surface area contributed by atoms with Crippen LogP contribution < -0.4 is 4.90 Å². The largest absolute Gasteiger partial charge is 0.366 e. The van der Waals surface area contributed by atoms with Gasteiger partial charge in [-0.05, 0) is 36.4 Å². The molecule has 1 aromatic heterocycles. The molecule has 1 amide bonds. The van der Waals surface area contributed by atoms with Gasteiger partial charge in [0.05, 0.1) is 15.6 Å². The van der Waals surface area contributed by atoms with Gasteiger partial charge in [0.2, 0.25) is 0 Å². The first-order valence-corrected chi connectivity index (χ1v) is 11.6. The number of carbonyl (C=O) groups excluding carboxylic acids is 1. The lowest BCUT2D eigenvalue weighted by molar-refractivity contribution is 0.0746. The summed E-state index contributed by atoms with van der Waals surface area (Å²) in [5.74, 6) is -0.678. The molecule has 0 spiro atoms. The van der Waals surface area contributed by atoms with Crippen LogP contribution in [-0.2, 0) is 9.84 Å². The van der Waals surface area contributed by atoms with E-state index in [4.69, 9.17) is 11.6 Å². The number of aromatic nitrogens is 1. The van der Waals surface area contributed by atoms with Crippen molar-refractivity contribution < 1.29 is 17.6 Å². The molecule has 1 fully saturated rings. The zero-order chi connectivity index (χ0) is 21.5. The quantitative estimate of drug-likeness (QED) is 0.615. The number of carbonyl (C=O) groups is 1. The van der Waals surface area contributed by atoms with Crippen LogP contribution in [0.15, 0.2) is 53.6 Å². The average Bonchev–Trinajstić information content (AvgIpc) is 2.74. The summed E-state index contributed by atoms with van der Waals surface area (Å²) in [6.07, 6.45) is 2.58. The van der Waals surface area contributed by atoms with Crippen LogP contribution in [0.3, 0.4) is 0 Å². The molecule has 1 saturated heterocycles. The van der Waals surface area contributed by atoms with Crippen molar-refractivity contribution in [2.45, 2.75) is 4.90 Å². The fourth-order valence-electron chi connectivity index (χ4n) is 3.58. The maximum absolute atomic E-state index is 15.0. The van der Waals surface area contributed by atoms with Crippen LogP contribution in [0.2, 0.25) is 5.02 Å². The van der Waals surface area contributed by atoms with Crippen LogP contribution in [0.5, 0.6) is 0 Å². The predicted octanol–water partition coefficient (Wildman–Crippen LogP) is 3.39. The Morgan fingerprint density at radius 2 is 1.83 bits per heavy atom. The first kappa shape index (κ1) is 20.6. The van der Waals surface area contributed by atoms with Crippen molar-refractivity contribution in [3.8, 4) is 0 Å². The number of rotatable bonds is 3. The number of amides is 1. The third-order valence-electron chi connectivity index (χ3n) is 5.19.